The maximum Gasteiger partial charge on any atom is 0.130 e. The molecule has 94 valence electrons. The number of nitrogens with two attached hydrogens (primary N) is 1. The van der Waals surface area contributed by atoms with Crippen LogP contribution in [0.1, 0.15) is 25.0 Å². The summed E-state index contributed by atoms with van der Waals surface area (Å²) in [4.78, 5) is 4.30. The van der Waals surface area contributed by atoms with Crippen LogP contribution < -0.4 is 5.73 Å². The molecule has 1 heterocycles. The number of nitrogens with zero attached hydrogens (tertiary/aromatic N) is 1. The minimum Gasteiger partial charge on any atom is -0.326 e. The molecule has 0 saturated heterocycles. The Labute approximate surface area is 107 Å². The summed E-state index contributed by atoms with van der Waals surface area (Å²) in [7, 11) is 0. The van der Waals surface area contributed by atoms with Gasteiger partial charge in [0, 0.05) is 18.3 Å². The van der Waals surface area contributed by atoms with Crippen LogP contribution in [0.25, 0.3) is 11.3 Å². The van der Waals surface area contributed by atoms with E-state index in [0.29, 0.717) is 12.1 Å². The maximum absolute atomic E-state index is 13.7. The summed E-state index contributed by atoms with van der Waals surface area (Å²) in [6.07, 6.45) is 1.74. The van der Waals surface area contributed by atoms with Crippen molar-refractivity contribution in [3.8, 4) is 11.3 Å². The van der Waals surface area contributed by atoms with Crippen molar-refractivity contribution in [2.45, 2.75) is 26.1 Å². The SMILES string of the molecule is CC(C)(F)c1ccc(-c2cc(CN)ccn2)cc1. The topological polar surface area (TPSA) is 38.9 Å². The summed E-state index contributed by atoms with van der Waals surface area (Å²) in [5, 5.41) is 0. The lowest BCUT2D eigenvalue weighted by Crippen LogP contribution is -2.08. The molecule has 18 heavy (non-hydrogen) atoms. The molecule has 0 aliphatic carbocycles. The van der Waals surface area contributed by atoms with Gasteiger partial charge in [0.1, 0.15) is 5.67 Å². The molecular formula is C15H17FN2. The molecule has 2 N–H and O–H groups in total. The molecule has 0 amide bonds. The van der Waals surface area contributed by atoms with Gasteiger partial charge in [0.15, 0.2) is 0 Å². The quantitative estimate of drug-likeness (QED) is 0.898. The van der Waals surface area contributed by atoms with Crippen molar-refractivity contribution >= 4 is 0 Å². The average Bonchev–Trinajstić information content (AvgIpc) is 2.38. The number of alkyl halides is 1. The Hall–Kier alpha value is -1.74. The van der Waals surface area contributed by atoms with Crippen LogP contribution in [0.3, 0.4) is 0 Å². The highest BCUT2D eigenvalue weighted by atomic mass is 19.1. The Balaban J connectivity index is 2.34. The molecule has 2 nitrogen and oxygen atoms in total. The number of hydrogen-bond acceptors (Lipinski definition) is 2. The first-order chi connectivity index (χ1) is 8.50. The number of halogens is 1. The van der Waals surface area contributed by atoms with Gasteiger partial charge in [0.2, 0.25) is 0 Å². The lowest BCUT2D eigenvalue weighted by Gasteiger charge is -2.14. The van der Waals surface area contributed by atoms with E-state index in [0.717, 1.165) is 16.8 Å². The van der Waals surface area contributed by atoms with E-state index >= 15 is 0 Å². The number of benzene rings is 1. The van der Waals surface area contributed by atoms with E-state index in [9.17, 15) is 4.39 Å². The molecule has 0 unspecified atom stereocenters. The van der Waals surface area contributed by atoms with Gasteiger partial charge in [-0.05, 0) is 37.1 Å². The minimum atomic E-state index is -1.31. The van der Waals surface area contributed by atoms with Crippen LogP contribution in [0.2, 0.25) is 0 Å². The van der Waals surface area contributed by atoms with Gasteiger partial charge in [-0.1, -0.05) is 24.3 Å². The average molecular weight is 244 g/mol. The zero-order chi connectivity index (χ0) is 13.2. The molecule has 2 aromatic rings. The van der Waals surface area contributed by atoms with Crippen molar-refractivity contribution in [1.82, 2.24) is 4.98 Å². The zero-order valence-electron chi connectivity index (χ0n) is 10.7. The van der Waals surface area contributed by atoms with E-state index in [4.69, 9.17) is 5.73 Å². The van der Waals surface area contributed by atoms with E-state index in [1.54, 1.807) is 32.2 Å². The maximum atomic E-state index is 13.7. The van der Waals surface area contributed by atoms with Crippen molar-refractivity contribution in [2.24, 2.45) is 5.73 Å². The molecule has 0 fully saturated rings. The van der Waals surface area contributed by atoms with Gasteiger partial charge < -0.3 is 5.73 Å². The van der Waals surface area contributed by atoms with Gasteiger partial charge in [-0.2, -0.15) is 0 Å². The van der Waals surface area contributed by atoms with Crippen LogP contribution >= 0.6 is 0 Å². The third-order valence-corrected chi connectivity index (χ3v) is 2.93. The van der Waals surface area contributed by atoms with E-state index in [2.05, 4.69) is 4.98 Å². The fourth-order valence-electron chi connectivity index (χ4n) is 1.80. The summed E-state index contributed by atoms with van der Waals surface area (Å²) < 4.78 is 13.7. The Morgan fingerprint density at radius 3 is 2.39 bits per heavy atom. The standard InChI is InChI=1S/C15H17FN2/c1-15(2,16)13-5-3-12(4-6-13)14-9-11(10-17)7-8-18-14/h3-9H,10,17H2,1-2H3. The summed E-state index contributed by atoms with van der Waals surface area (Å²) in [5.74, 6) is 0. The van der Waals surface area contributed by atoms with Gasteiger partial charge in [-0.15, -0.1) is 0 Å². The van der Waals surface area contributed by atoms with Crippen molar-refractivity contribution in [3.63, 3.8) is 0 Å². The molecule has 0 atom stereocenters. The van der Waals surface area contributed by atoms with Crippen LogP contribution in [0.4, 0.5) is 4.39 Å². The molecule has 0 aliphatic rings. The summed E-state index contributed by atoms with van der Waals surface area (Å²) in [6, 6.07) is 11.2. The summed E-state index contributed by atoms with van der Waals surface area (Å²) in [5.41, 5.74) is 7.82. The predicted octanol–water partition coefficient (Wildman–Crippen LogP) is 3.41. The predicted molar refractivity (Wildman–Crippen MR) is 71.7 cm³/mol. The first-order valence-corrected chi connectivity index (χ1v) is 5.95. The van der Waals surface area contributed by atoms with Crippen LogP contribution in [0.15, 0.2) is 42.6 Å². The molecule has 0 bridgehead atoms. The molecule has 0 spiro atoms. The fourth-order valence-corrected chi connectivity index (χ4v) is 1.80. The normalized spacial score (nSPS) is 11.6. The van der Waals surface area contributed by atoms with Gasteiger partial charge in [-0.25, -0.2) is 4.39 Å². The molecule has 0 saturated carbocycles. The Morgan fingerprint density at radius 2 is 1.83 bits per heavy atom. The van der Waals surface area contributed by atoms with Crippen LogP contribution in [-0.2, 0) is 12.2 Å². The number of pyridine rings is 1. The number of aromatic nitrogens is 1. The molecule has 3 heteroatoms. The first-order valence-electron chi connectivity index (χ1n) is 5.95. The molecule has 1 aromatic heterocycles. The lowest BCUT2D eigenvalue weighted by molar-refractivity contribution is 0.221. The van der Waals surface area contributed by atoms with Gasteiger partial charge in [0.25, 0.3) is 0 Å². The third-order valence-electron chi connectivity index (χ3n) is 2.93. The van der Waals surface area contributed by atoms with Gasteiger partial charge >= 0.3 is 0 Å². The summed E-state index contributed by atoms with van der Waals surface area (Å²) in [6.45, 7) is 3.59. The molecule has 0 radical (unpaired) electrons. The Morgan fingerprint density at radius 1 is 1.17 bits per heavy atom. The van der Waals surface area contributed by atoms with Crippen molar-refractivity contribution in [2.75, 3.05) is 0 Å². The Bertz CT molecular complexity index is 527. The molecule has 0 aliphatic heterocycles. The monoisotopic (exact) mass is 244 g/mol. The van der Waals surface area contributed by atoms with Crippen LogP contribution in [-0.4, -0.2) is 4.98 Å². The van der Waals surface area contributed by atoms with E-state index < -0.39 is 5.67 Å². The smallest absolute Gasteiger partial charge is 0.130 e. The lowest BCUT2D eigenvalue weighted by atomic mass is 9.98. The second-order valence-corrected chi connectivity index (χ2v) is 4.80. The van der Waals surface area contributed by atoms with E-state index in [-0.39, 0.29) is 0 Å². The van der Waals surface area contributed by atoms with Crippen molar-refractivity contribution < 1.29 is 4.39 Å². The highest BCUT2D eigenvalue weighted by molar-refractivity contribution is 5.60. The summed E-state index contributed by atoms with van der Waals surface area (Å²) >= 11 is 0. The van der Waals surface area contributed by atoms with E-state index in [1.807, 2.05) is 24.3 Å². The van der Waals surface area contributed by atoms with E-state index in [1.165, 1.54) is 0 Å². The molecule has 2 rings (SSSR count). The second kappa shape index (κ2) is 4.86. The van der Waals surface area contributed by atoms with Gasteiger partial charge in [-0.3, -0.25) is 4.98 Å². The molecule has 1 aromatic carbocycles. The highest BCUT2D eigenvalue weighted by Crippen LogP contribution is 2.27. The highest BCUT2D eigenvalue weighted by Gasteiger charge is 2.18. The fraction of sp³-hybridized carbons (Fsp3) is 0.267. The molecular weight excluding hydrogens is 227 g/mol. The number of hydrogen-bond donors (Lipinski definition) is 1. The van der Waals surface area contributed by atoms with Crippen LogP contribution in [0, 0.1) is 0 Å². The van der Waals surface area contributed by atoms with Crippen LogP contribution in [0.5, 0.6) is 0 Å². The minimum absolute atomic E-state index is 0.491. The second-order valence-electron chi connectivity index (χ2n) is 4.80. The van der Waals surface area contributed by atoms with Crippen molar-refractivity contribution in [1.29, 1.82) is 0 Å². The largest absolute Gasteiger partial charge is 0.326 e. The van der Waals surface area contributed by atoms with Crippen molar-refractivity contribution in [3.05, 3.63) is 53.7 Å². The zero-order valence-corrected chi connectivity index (χ0v) is 10.7. The van der Waals surface area contributed by atoms with Gasteiger partial charge in [0.05, 0.1) is 5.69 Å². The Kier molecular flexibility index (Phi) is 3.43. The first kappa shape index (κ1) is 12.7. The number of rotatable bonds is 3. The third kappa shape index (κ3) is 2.74.